The van der Waals surface area contributed by atoms with Gasteiger partial charge in [-0.25, -0.2) is 0 Å². The molecule has 1 heterocycles. The molecule has 1 aliphatic rings. The fraction of sp³-hybridized carbons (Fsp3) is 0.600. The molecular formula is C15H23NO3. The van der Waals surface area contributed by atoms with E-state index in [9.17, 15) is 0 Å². The van der Waals surface area contributed by atoms with E-state index < -0.39 is 0 Å². The Kier molecular flexibility index (Phi) is 4.66. The Labute approximate surface area is 115 Å². The molecule has 4 heteroatoms. The number of hydrogen-bond acceptors (Lipinski definition) is 4. The molecule has 0 spiro atoms. The second-order valence-corrected chi connectivity index (χ2v) is 5.00. The average Bonchev–Trinajstić information content (AvgIpc) is 2.48. The molecule has 0 aliphatic carbocycles. The molecule has 4 nitrogen and oxygen atoms in total. The van der Waals surface area contributed by atoms with Crippen LogP contribution in [0.5, 0.6) is 11.5 Å². The minimum atomic E-state index is 0.0951. The highest BCUT2D eigenvalue weighted by molar-refractivity contribution is 5.41. The molecule has 1 aromatic carbocycles. The Morgan fingerprint density at radius 3 is 2.53 bits per heavy atom. The molecule has 1 aromatic rings. The molecule has 1 aliphatic heterocycles. The van der Waals surface area contributed by atoms with Crippen LogP contribution >= 0.6 is 0 Å². The standard InChI is InChI=1S/C15H23NO3/c1-16-15(6-8-19-9-7-15)11-12-10-13(17-2)4-5-14(12)18-3/h4-5,10,16H,6-9,11H2,1-3H3. The highest BCUT2D eigenvalue weighted by Crippen LogP contribution is 2.31. The minimum absolute atomic E-state index is 0.0951. The van der Waals surface area contributed by atoms with Crippen LogP contribution in [0.15, 0.2) is 18.2 Å². The summed E-state index contributed by atoms with van der Waals surface area (Å²) in [5.41, 5.74) is 1.27. The van der Waals surface area contributed by atoms with Crippen LogP contribution < -0.4 is 14.8 Å². The molecule has 2 rings (SSSR count). The molecule has 1 fully saturated rings. The van der Waals surface area contributed by atoms with E-state index in [4.69, 9.17) is 14.2 Å². The van der Waals surface area contributed by atoms with Gasteiger partial charge in [-0.05, 0) is 50.1 Å². The first-order valence-electron chi connectivity index (χ1n) is 6.70. The summed E-state index contributed by atoms with van der Waals surface area (Å²) in [7, 11) is 5.42. The van der Waals surface area contributed by atoms with Gasteiger partial charge in [0.05, 0.1) is 14.2 Å². The van der Waals surface area contributed by atoms with Crippen LogP contribution in [0.2, 0.25) is 0 Å². The van der Waals surface area contributed by atoms with Crippen molar-refractivity contribution in [3.05, 3.63) is 23.8 Å². The molecule has 106 valence electrons. The summed E-state index contributed by atoms with van der Waals surface area (Å²) >= 11 is 0. The van der Waals surface area contributed by atoms with Crippen LogP contribution in [0.3, 0.4) is 0 Å². The molecule has 0 radical (unpaired) electrons. The highest BCUT2D eigenvalue weighted by Gasteiger charge is 2.32. The van der Waals surface area contributed by atoms with Gasteiger partial charge in [0, 0.05) is 18.8 Å². The van der Waals surface area contributed by atoms with Crippen LogP contribution in [0.1, 0.15) is 18.4 Å². The lowest BCUT2D eigenvalue weighted by molar-refractivity contribution is 0.0411. The van der Waals surface area contributed by atoms with Crippen LogP contribution in [0.4, 0.5) is 0 Å². The molecule has 0 bridgehead atoms. The molecule has 0 aromatic heterocycles. The second-order valence-electron chi connectivity index (χ2n) is 5.00. The van der Waals surface area contributed by atoms with Gasteiger partial charge in [-0.2, -0.15) is 0 Å². The first-order valence-corrected chi connectivity index (χ1v) is 6.70. The normalized spacial score (nSPS) is 18.1. The Balaban J connectivity index is 2.24. The summed E-state index contributed by atoms with van der Waals surface area (Å²) in [6.45, 7) is 1.63. The van der Waals surface area contributed by atoms with Gasteiger partial charge in [-0.1, -0.05) is 0 Å². The maximum atomic E-state index is 5.47. The second kappa shape index (κ2) is 6.26. The third-order valence-corrected chi connectivity index (χ3v) is 4.00. The van der Waals surface area contributed by atoms with Crippen LogP contribution in [-0.2, 0) is 11.2 Å². The third kappa shape index (κ3) is 3.19. The van der Waals surface area contributed by atoms with E-state index in [1.54, 1.807) is 14.2 Å². The Morgan fingerprint density at radius 2 is 1.95 bits per heavy atom. The van der Waals surface area contributed by atoms with Crippen molar-refractivity contribution in [3.8, 4) is 11.5 Å². The van der Waals surface area contributed by atoms with E-state index in [0.29, 0.717) is 0 Å². The molecule has 0 saturated carbocycles. The SMILES string of the molecule is CNC1(Cc2cc(OC)ccc2OC)CCOCC1. The summed E-state index contributed by atoms with van der Waals surface area (Å²) in [5, 5.41) is 3.48. The molecule has 19 heavy (non-hydrogen) atoms. The van der Waals surface area contributed by atoms with Crippen LogP contribution in [0, 0.1) is 0 Å². The smallest absolute Gasteiger partial charge is 0.122 e. The van der Waals surface area contributed by atoms with Gasteiger partial charge in [0.25, 0.3) is 0 Å². The number of hydrogen-bond donors (Lipinski definition) is 1. The predicted octanol–water partition coefficient (Wildman–Crippen LogP) is 2.01. The van der Waals surface area contributed by atoms with Gasteiger partial charge in [0.15, 0.2) is 0 Å². The molecule has 0 amide bonds. The maximum absolute atomic E-state index is 5.47. The van der Waals surface area contributed by atoms with Crippen molar-refractivity contribution in [2.45, 2.75) is 24.8 Å². The van der Waals surface area contributed by atoms with E-state index >= 15 is 0 Å². The van der Waals surface area contributed by atoms with Crippen molar-refractivity contribution in [1.82, 2.24) is 5.32 Å². The van der Waals surface area contributed by atoms with Gasteiger partial charge in [-0.3, -0.25) is 0 Å². The lowest BCUT2D eigenvalue weighted by Gasteiger charge is -2.37. The topological polar surface area (TPSA) is 39.7 Å². The monoisotopic (exact) mass is 265 g/mol. The van der Waals surface area contributed by atoms with Gasteiger partial charge in [0.1, 0.15) is 11.5 Å². The number of benzene rings is 1. The quantitative estimate of drug-likeness (QED) is 0.884. The fourth-order valence-corrected chi connectivity index (χ4v) is 2.66. The van der Waals surface area contributed by atoms with Crippen LogP contribution in [-0.4, -0.2) is 40.0 Å². The van der Waals surface area contributed by atoms with Gasteiger partial charge in [0.2, 0.25) is 0 Å². The van der Waals surface area contributed by atoms with Gasteiger partial charge < -0.3 is 19.5 Å². The predicted molar refractivity (Wildman–Crippen MR) is 75.1 cm³/mol. The van der Waals surface area contributed by atoms with Crippen molar-refractivity contribution < 1.29 is 14.2 Å². The van der Waals surface area contributed by atoms with E-state index in [1.165, 1.54) is 5.56 Å². The molecule has 0 atom stereocenters. The number of methoxy groups -OCH3 is 2. The number of likely N-dealkylation sites (N-methyl/N-ethyl adjacent to an activating group) is 1. The fourth-order valence-electron chi connectivity index (χ4n) is 2.66. The number of rotatable bonds is 5. The van der Waals surface area contributed by atoms with Crippen molar-refractivity contribution >= 4 is 0 Å². The summed E-state index contributed by atoms with van der Waals surface area (Å²) in [5.74, 6) is 1.79. The average molecular weight is 265 g/mol. The molecule has 1 saturated heterocycles. The zero-order valence-corrected chi connectivity index (χ0v) is 12.0. The van der Waals surface area contributed by atoms with Crippen molar-refractivity contribution in [2.24, 2.45) is 0 Å². The van der Waals surface area contributed by atoms with Crippen molar-refractivity contribution in [3.63, 3.8) is 0 Å². The van der Waals surface area contributed by atoms with Crippen LogP contribution in [0.25, 0.3) is 0 Å². The maximum Gasteiger partial charge on any atom is 0.122 e. The Hall–Kier alpha value is -1.26. The van der Waals surface area contributed by atoms with Crippen molar-refractivity contribution in [2.75, 3.05) is 34.5 Å². The van der Waals surface area contributed by atoms with E-state index in [0.717, 1.165) is 44.0 Å². The summed E-state index contributed by atoms with van der Waals surface area (Å²) < 4.78 is 16.2. The minimum Gasteiger partial charge on any atom is -0.497 e. The lowest BCUT2D eigenvalue weighted by Crippen LogP contribution is -2.49. The Bertz CT molecular complexity index is 414. The van der Waals surface area contributed by atoms with Gasteiger partial charge in [-0.15, -0.1) is 0 Å². The Morgan fingerprint density at radius 1 is 1.21 bits per heavy atom. The van der Waals surface area contributed by atoms with E-state index in [1.807, 2.05) is 19.2 Å². The number of ether oxygens (including phenoxy) is 3. The summed E-state index contributed by atoms with van der Waals surface area (Å²) in [4.78, 5) is 0. The van der Waals surface area contributed by atoms with E-state index in [2.05, 4.69) is 11.4 Å². The summed E-state index contributed by atoms with van der Waals surface area (Å²) in [6, 6.07) is 5.96. The van der Waals surface area contributed by atoms with E-state index in [-0.39, 0.29) is 5.54 Å². The molecular weight excluding hydrogens is 242 g/mol. The lowest BCUT2D eigenvalue weighted by atomic mass is 9.83. The zero-order valence-electron chi connectivity index (χ0n) is 12.0. The largest absolute Gasteiger partial charge is 0.497 e. The first-order chi connectivity index (χ1) is 9.23. The zero-order chi connectivity index (χ0) is 13.7. The first kappa shape index (κ1) is 14.2. The summed E-state index contributed by atoms with van der Waals surface area (Å²) in [6.07, 6.45) is 2.96. The van der Waals surface area contributed by atoms with Crippen molar-refractivity contribution in [1.29, 1.82) is 0 Å². The number of nitrogens with one attached hydrogen (secondary N) is 1. The molecule has 0 unspecified atom stereocenters. The highest BCUT2D eigenvalue weighted by atomic mass is 16.5. The third-order valence-electron chi connectivity index (χ3n) is 4.00. The molecule has 1 N–H and O–H groups in total. The van der Waals surface area contributed by atoms with Gasteiger partial charge >= 0.3 is 0 Å².